The number of hydrogen-bond donors (Lipinski definition) is 1. The van der Waals surface area contributed by atoms with Crippen molar-refractivity contribution in [3.05, 3.63) is 42.5 Å². The minimum Gasteiger partial charge on any atom is -0.316 e. The first kappa shape index (κ1) is 12.8. The SMILES string of the molecule is CC(C)CNCCc1cnn(-c2ccncc2)c1. The highest BCUT2D eigenvalue weighted by Gasteiger charge is 2.00. The van der Waals surface area contributed by atoms with Crippen molar-refractivity contribution in [1.29, 1.82) is 0 Å². The highest BCUT2D eigenvalue weighted by Crippen LogP contribution is 2.06. The van der Waals surface area contributed by atoms with Gasteiger partial charge in [-0.3, -0.25) is 4.98 Å². The first-order valence-electron chi connectivity index (χ1n) is 6.40. The quantitative estimate of drug-likeness (QED) is 0.791. The fourth-order valence-corrected chi connectivity index (χ4v) is 1.75. The zero-order valence-electron chi connectivity index (χ0n) is 11.0. The molecule has 4 heteroatoms. The molecule has 0 fully saturated rings. The molecule has 0 aliphatic rings. The van der Waals surface area contributed by atoms with Crippen molar-refractivity contribution in [2.24, 2.45) is 5.92 Å². The van der Waals surface area contributed by atoms with Gasteiger partial charge in [-0.1, -0.05) is 13.8 Å². The van der Waals surface area contributed by atoms with E-state index in [1.165, 1.54) is 5.56 Å². The van der Waals surface area contributed by atoms with Crippen molar-refractivity contribution in [1.82, 2.24) is 20.1 Å². The molecule has 4 nitrogen and oxygen atoms in total. The van der Waals surface area contributed by atoms with Crippen LogP contribution in [0.2, 0.25) is 0 Å². The molecule has 0 aliphatic heterocycles. The summed E-state index contributed by atoms with van der Waals surface area (Å²) in [4.78, 5) is 4.00. The largest absolute Gasteiger partial charge is 0.316 e. The van der Waals surface area contributed by atoms with Crippen molar-refractivity contribution < 1.29 is 0 Å². The summed E-state index contributed by atoms with van der Waals surface area (Å²) < 4.78 is 1.89. The lowest BCUT2D eigenvalue weighted by molar-refractivity contribution is 0.554. The molecule has 0 aliphatic carbocycles. The predicted molar refractivity (Wildman–Crippen MR) is 72.8 cm³/mol. The molecule has 0 amide bonds. The van der Waals surface area contributed by atoms with Crippen LogP contribution in [0.15, 0.2) is 36.9 Å². The van der Waals surface area contributed by atoms with Gasteiger partial charge >= 0.3 is 0 Å². The van der Waals surface area contributed by atoms with Crippen LogP contribution >= 0.6 is 0 Å². The van der Waals surface area contributed by atoms with E-state index in [2.05, 4.69) is 35.4 Å². The van der Waals surface area contributed by atoms with Crippen LogP contribution in [-0.2, 0) is 6.42 Å². The topological polar surface area (TPSA) is 42.7 Å². The summed E-state index contributed by atoms with van der Waals surface area (Å²) in [5, 5.41) is 7.80. The number of nitrogens with one attached hydrogen (secondary N) is 1. The minimum absolute atomic E-state index is 0.699. The molecule has 2 rings (SSSR count). The molecule has 1 N–H and O–H groups in total. The Hall–Kier alpha value is -1.68. The van der Waals surface area contributed by atoms with E-state index in [9.17, 15) is 0 Å². The van der Waals surface area contributed by atoms with Gasteiger partial charge in [0, 0.05) is 18.6 Å². The summed E-state index contributed by atoms with van der Waals surface area (Å²) in [6, 6.07) is 3.90. The van der Waals surface area contributed by atoms with E-state index >= 15 is 0 Å². The lowest BCUT2D eigenvalue weighted by atomic mass is 10.2. The number of aromatic nitrogens is 3. The van der Waals surface area contributed by atoms with Gasteiger partial charge in [0.2, 0.25) is 0 Å². The summed E-state index contributed by atoms with van der Waals surface area (Å²) in [5.74, 6) is 0.699. The Kier molecular flexibility index (Phi) is 4.47. The van der Waals surface area contributed by atoms with Crippen LogP contribution < -0.4 is 5.32 Å². The van der Waals surface area contributed by atoms with E-state index in [1.807, 2.05) is 23.0 Å². The van der Waals surface area contributed by atoms with Crippen LogP contribution in [0, 0.1) is 5.92 Å². The van der Waals surface area contributed by atoms with E-state index in [0.29, 0.717) is 5.92 Å². The molecule has 96 valence electrons. The maximum atomic E-state index is 4.36. The third-order valence-corrected chi connectivity index (χ3v) is 2.71. The molecule has 0 radical (unpaired) electrons. The molecular weight excluding hydrogens is 224 g/mol. The fraction of sp³-hybridized carbons (Fsp3) is 0.429. The molecule has 0 unspecified atom stereocenters. The average molecular weight is 244 g/mol. The molecule has 0 bridgehead atoms. The summed E-state index contributed by atoms with van der Waals surface area (Å²) in [6.45, 7) is 6.50. The van der Waals surface area contributed by atoms with Gasteiger partial charge in [-0.05, 0) is 43.1 Å². The lowest BCUT2D eigenvalue weighted by Crippen LogP contribution is -2.21. The normalized spacial score (nSPS) is 11.1. The van der Waals surface area contributed by atoms with Crippen LogP contribution in [0.3, 0.4) is 0 Å². The van der Waals surface area contributed by atoms with Crippen LogP contribution in [-0.4, -0.2) is 27.9 Å². The van der Waals surface area contributed by atoms with Gasteiger partial charge in [0.05, 0.1) is 11.9 Å². The maximum Gasteiger partial charge on any atom is 0.0676 e. The van der Waals surface area contributed by atoms with Gasteiger partial charge in [0.15, 0.2) is 0 Å². The Morgan fingerprint density at radius 2 is 2.06 bits per heavy atom. The summed E-state index contributed by atoms with van der Waals surface area (Å²) in [6.07, 6.45) is 8.57. The monoisotopic (exact) mass is 244 g/mol. The molecule has 0 saturated carbocycles. The third kappa shape index (κ3) is 3.67. The number of rotatable bonds is 6. The van der Waals surface area contributed by atoms with Gasteiger partial charge in [-0.25, -0.2) is 4.68 Å². The summed E-state index contributed by atoms with van der Waals surface area (Å²) in [5.41, 5.74) is 2.30. The van der Waals surface area contributed by atoms with Crippen molar-refractivity contribution in [3.63, 3.8) is 0 Å². The van der Waals surface area contributed by atoms with Gasteiger partial charge in [-0.15, -0.1) is 0 Å². The smallest absolute Gasteiger partial charge is 0.0676 e. The zero-order valence-corrected chi connectivity index (χ0v) is 11.0. The molecule has 0 spiro atoms. The number of nitrogens with zero attached hydrogens (tertiary/aromatic N) is 3. The Labute approximate surface area is 108 Å². The van der Waals surface area contributed by atoms with E-state index < -0.39 is 0 Å². The van der Waals surface area contributed by atoms with Gasteiger partial charge in [0.1, 0.15) is 0 Å². The van der Waals surface area contributed by atoms with Crippen LogP contribution in [0.1, 0.15) is 19.4 Å². The molecule has 2 aromatic rings. The Bertz CT molecular complexity index is 462. The van der Waals surface area contributed by atoms with E-state index in [0.717, 1.165) is 25.2 Å². The second-order valence-electron chi connectivity index (χ2n) is 4.85. The Morgan fingerprint density at radius 1 is 1.28 bits per heavy atom. The molecule has 0 aromatic carbocycles. The second-order valence-corrected chi connectivity index (χ2v) is 4.85. The average Bonchev–Trinajstić information content (AvgIpc) is 2.84. The predicted octanol–water partition coefficient (Wildman–Crippen LogP) is 2.06. The van der Waals surface area contributed by atoms with Gasteiger partial charge < -0.3 is 5.32 Å². The van der Waals surface area contributed by atoms with Gasteiger partial charge in [0.25, 0.3) is 0 Å². The Morgan fingerprint density at radius 3 is 2.78 bits per heavy atom. The van der Waals surface area contributed by atoms with Crippen molar-refractivity contribution in [2.45, 2.75) is 20.3 Å². The number of hydrogen-bond acceptors (Lipinski definition) is 3. The van der Waals surface area contributed by atoms with Crippen molar-refractivity contribution in [3.8, 4) is 5.69 Å². The highest BCUT2D eigenvalue weighted by atomic mass is 15.3. The van der Waals surface area contributed by atoms with Crippen LogP contribution in [0.5, 0.6) is 0 Å². The molecule has 2 aromatic heterocycles. The standard InChI is InChI=1S/C14H20N4/c1-12(2)9-16-6-3-13-10-17-18(11-13)14-4-7-15-8-5-14/h4-5,7-8,10-12,16H,3,6,9H2,1-2H3. The number of pyridine rings is 1. The zero-order chi connectivity index (χ0) is 12.8. The van der Waals surface area contributed by atoms with Crippen molar-refractivity contribution >= 4 is 0 Å². The molecule has 0 atom stereocenters. The molecule has 18 heavy (non-hydrogen) atoms. The van der Waals surface area contributed by atoms with Gasteiger partial charge in [-0.2, -0.15) is 5.10 Å². The maximum absolute atomic E-state index is 4.36. The summed E-state index contributed by atoms with van der Waals surface area (Å²) in [7, 11) is 0. The van der Waals surface area contributed by atoms with Crippen molar-refractivity contribution in [2.75, 3.05) is 13.1 Å². The van der Waals surface area contributed by atoms with E-state index in [1.54, 1.807) is 12.4 Å². The summed E-state index contributed by atoms with van der Waals surface area (Å²) >= 11 is 0. The molecule has 0 saturated heterocycles. The first-order valence-corrected chi connectivity index (χ1v) is 6.40. The van der Waals surface area contributed by atoms with E-state index in [-0.39, 0.29) is 0 Å². The Balaban J connectivity index is 1.87. The second kappa shape index (κ2) is 6.31. The first-order chi connectivity index (χ1) is 8.75. The molecule has 2 heterocycles. The highest BCUT2D eigenvalue weighted by molar-refractivity contribution is 5.28. The van der Waals surface area contributed by atoms with Crippen LogP contribution in [0.4, 0.5) is 0 Å². The van der Waals surface area contributed by atoms with E-state index in [4.69, 9.17) is 0 Å². The molecular formula is C14H20N4. The minimum atomic E-state index is 0.699. The lowest BCUT2D eigenvalue weighted by Gasteiger charge is -2.05. The third-order valence-electron chi connectivity index (χ3n) is 2.71. The van der Waals surface area contributed by atoms with Crippen LogP contribution in [0.25, 0.3) is 5.69 Å². The fourth-order valence-electron chi connectivity index (χ4n) is 1.75.